The van der Waals surface area contributed by atoms with Crippen molar-refractivity contribution < 1.29 is 12.9 Å². The number of hydrogen-bond acceptors (Lipinski definition) is 4. The Balaban J connectivity index is 1.87. The molecule has 3 aromatic rings. The van der Waals surface area contributed by atoms with Gasteiger partial charge in [0.2, 0.25) is 5.88 Å². The molecule has 0 fully saturated rings. The summed E-state index contributed by atoms with van der Waals surface area (Å²) in [5.41, 5.74) is 1.24. The molecule has 2 aromatic carbocycles. The zero-order valence-corrected chi connectivity index (χ0v) is 13.9. The zero-order chi connectivity index (χ0) is 16.4. The van der Waals surface area contributed by atoms with Gasteiger partial charge in [0.05, 0.1) is 5.02 Å². The normalized spacial score (nSPS) is 11.4. The average Bonchev–Trinajstić information content (AvgIpc) is 2.96. The lowest BCUT2D eigenvalue weighted by molar-refractivity contribution is 0.438. The summed E-state index contributed by atoms with van der Waals surface area (Å²) < 4.78 is 32.0. The molecular formula is C15H10Cl2N2O3S. The smallest absolute Gasteiger partial charge is 0.265 e. The highest BCUT2D eigenvalue weighted by Crippen LogP contribution is 2.26. The number of nitrogens with one attached hydrogen (secondary N) is 1. The predicted octanol–water partition coefficient (Wildman–Crippen LogP) is 4.45. The van der Waals surface area contributed by atoms with Crippen LogP contribution in [0.15, 0.2) is 64.0 Å². The van der Waals surface area contributed by atoms with Gasteiger partial charge in [-0.15, -0.1) is 0 Å². The van der Waals surface area contributed by atoms with Crippen LogP contribution in [0.3, 0.4) is 0 Å². The molecule has 1 N–H and O–H groups in total. The number of sulfonamides is 1. The standard InChI is InChI=1S/C15H10Cl2N2O3S/c16-11-7-5-10(6-8-11)13-9-15(22-18-13)19-23(20,21)14-4-2-1-3-12(14)17/h1-9,19H. The van der Waals surface area contributed by atoms with Gasteiger partial charge >= 0.3 is 0 Å². The number of halogens is 2. The molecule has 3 rings (SSSR count). The first-order valence-corrected chi connectivity index (χ1v) is 8.70. The van der Waals surface area contributed by atoms with Crippen LogP contribution in [-0.2, 0) is 10.0 Å². The molecule has 0 aliphatic heterocycles. The fourth-order valence-electron chi connectivity index (χ4n) is 1.93. The van der Waals surface area contributed by atoms with Gasteiger partial charge in [0.1, 0.15) is 10.6 Å². The first-order chi connectivity index (χ1) is 11.0. The summed E-state index contributed by atoms with van der Waals surface area (Å²) in [6.45, 7) is 0. The molecule has 0 bridgehead atoms. The Bertz CT molecular complexity index is 937. The second-order valence-electron chi connectivity index (χ2n) is 4.62. The van der Waals surface area contributed by atoms with Crippen LogP contribution >= 0.6 is 23.2 Å². The van der Waals surface area contributed by atoms with Gasteiger partial charge in [-0.3, -0.25) is 0 Å². The van der Waals surface area contributed by atoms with Gasteiger partial charge in [-0.2, -0.15) is 0 Å². The third-order valence-corrected chi connectivity index (χ3v) is 5.11. The second kappa shape index (κ2) is 6.23. The summed E-state index contributed by atoms with van der Waals surface area (Å²) in [6.07, 6.45) is 0. The van der Waals surface area contributed by atoms with Gasteiger partial charge in [-0.05, 0) is 24.3 Å². The lowest BCUT2D eigenvalue weighted by Crippen LogP contribution is -2.12. The molecule has 0 radical (unpaired) electrons. The molecule has 1 heterocycles. The number of anilines is 1. The lowest BCUT2D eigenvalue weighted by atomic mass is 10.1. The van der Waals surface area contributed by atoms with E-state index in [1.54, 1.807) is 36.4 Å². The van der Waals surface area contributed by atoms with Gasteiger partial charge in [-0.1, -0.05) is 52.6 Å². The highest BCUT2D eigenvalue weighted by Gasteiger charge is 2.20. The first-order valence-electron chi connectivity index (χ1n) is 6.46. The van der Waals surface area contributed by atoms with E-state index in [2.05, 4.69) is 9.88 Å². The molecule has 23 heavy (non-hydrogen) atoms. The predicted molar refractivity (Wildman–Crippen MR) is 89.2 cm³/mol. The highest BCUT2D eigenvalue weighted by atomic mass is 35.5. The van der Waals surface area contributed by atoms with Crippen LogP contribution in [-0.4, -0.2) is 13.6 Å². The summed E-state index contributed by atoms with van der Waals surface area (Å²) in [7, 11) is -3.86. The number of rotatable bonds is 4. The SMILES string of the molecule is O=S(=O)(Nc1cc(-c2ccc(Cl)cc2)no1)c1ccccc1Cl. The summed E-state index contributed by atoms with van der Waals surface area (Å²) >= 11 is 11.7. The maximum atomic E-state index is 12.3. The van der Waals surface area contributed by atoms with Crippen molar-refractivity contribution in [3.8, 4) is 11.3 Å². The Kier molecular flexibility index (Phi) is 4.30. The van der Waals surface area contributed by atoms with Gasteiger partial charge in [0.15, 0.2) is 0 Å². The van der Waals surface area contributed by atoms with Gasteiger partial charge in [-0.25, -0.2) is 13.1 Å². The molecule has 0 unspecified atom stereocenters. The molecule has 8 heteroatoms. The second-order valence-corrected chi connectivity index (χ2v) is 7.11. The molecule has 0 aliphatic carbocycles. The molecule has 118 valence electrons. The Morgan fingerprint density at radius 3 is 2.39 bits per heavy atom. The fraction of sp³-hybridized carbons (Fsp3) is 0. The minimum atomic E-state index is -3.86. The average molecular weight is 369 g/mol. The van der Waals surface area contributed by atoms with E-state index < -0.39 is 10.0 Å². The number of hydrogen-bond donors (Lipinski definition) is 1. The van der Waals surface area contributed by atoms with Gasteiger partial charge < -0.3 is 4.52 Å². The maximum absolute atomic E-state index is 12.3. The summed E-state index contributed by atoms with van der Waals surface area (Å²) in [5, 5.41) is 4.56. The molecule has 0 amide bonds. The Hall–Kier alpha value is -2.02. The minimum Gasteiger partial charge on any atom is -0.337 e. The number of aromatic nitrogens is 1. The van der Waals surface area contributed by atoms with Crippen molar-refractivity contribution in [2.45, 2.75) is 4.90 Å². The van der Waals surface area contributed by atoms with Gasteiger partial charge in [0, 0.05) is 16.7 Å². The van der Waals surface area contributed by atoms with Crippen molar-refractivity contribution in [2.24, 2.45) is 0 Å². The minimum absolute atomic E-state index is 0.00475. The first kappa shape index (κ1) is 15.9. The summed E-state index contributed by atoms with van der Waals surface area (Å²) in [6, 6.07) is 14.5. The van der Waals surface area contributed by atoms with Crippen molar-refractivity contribution in [3.05, 3.63) is 64.6 Å². The van der Waals surface area contributed by atoms with E-state index in [1.807, 2.05) is 0 Å². The van der Waals surface area contributed by atoms with Crippen molar-refractivity contribution in [2.75, 3.05) is 4.72 Å². The molecule has 0 saturated carbocycles. The highest BCUT2D eigenvalue weighted by molar-refractivity contribution is 7.92. The van der Waals surface area contributed by atoms with E-state index >= 15 is 0 Å². The van der Waals surface area contributed by atoms with Crippen LogP contribution in [0, 0.1) is 0 Å². The Morgan fingerprint density at radius 1 is 1.00 bits per heavy atom. The quantitative estimate of drug-likeness (QED) is 0.738. The van der Waals surface area contributed by atoms with Crippen LogP contribution in [0.1, 0.15) is 0 Å². The largest absolute Gasteiger partial charge is 0.337 e. The third kappa shape index (κ3) is 3.50. The number of nitrogens with zero attached hydrogens (tertiary/aromatic N) is 1. The monoisotopic (exact) mass is 368 g/mol. The lowest BCUT2D eigenvalue weighted by Gasteiger charge is -2.05. The van der Waals surface area contributed by atoms with Crippen molar-refractivity contribution in [1.29, 1.82) is 0 Å². The van der Waals surface area contributed by atoms with E-state index in [0.29, 0.717) is 10.7 Å². The van der Waals surface area contributed by atoms with E-state index in [1.165, 1.54) is 18.2 Å². The molecule has 1 aromatic heterocycles. The van der Waals surface area contributed by atoms with E-state index in [4.69, 9.17) is 27.7 Å². The number of benzene rings is 2. The van der Waals surface area contributed by atoms with Crippen LogP contribution in [0.25, 0.3) is 11.3 Å². The molecule has 0 aliphatic rings. The molecule has 0 spiro atoms. The van der Waals surface area contributed by atoms with Gasteiger partial charge in [0.25, 0.3) is 10.0 Å². The topological polar surface area (TPSA) is 72.2 Å². The molecular weight excluding hydrogens is 359 g/mol. The van der Waals surface area contributed by atoms with Crippen molar-refractivity contribution in [3.63, 3.8) is 0 Å². The Labute approximate surface area is 142 Å². The summed E-state index contributed by atoms with van der Waals surface area (Å²) in [4.78, 5) is -0.0360. The third-order valence-electron chi connectivity index (χ3n) is 3.01. The van der Waals surface area contributed by atoms with Crippen LogP contribution in [0.5, 0.6) is 0 Å². The van der Waals surface area contributed by atoms with Crippen LogP contribution in [0.2, 0.25) is 10.0 Å². The van der Waals surface area contributed by atoms with E-state index in [9.17, 15) is 8.42 Å². The fourth-order valence-corrected chi connectivity index (χ4v) is 3.55. The molecule has 0 atom stereocenters. The van der Waals surface area contributed by atoms with E-state index in [-0.39, 0.29) is 15.8 Å². The maximum Gasteiger partial charge on any atom is 0.265 e. The zero-order valence-electron chi connectivity index (χ0n) is 11.5. The summed E-state index contributed by atoms with van der Waals surface area (Å²) in [5.74, 6) is -0.00475. The molecule has 5 nitrogen and oxygen atoms in total. The van der Waals surface area contributed by atoms with Crippen molar-refractivity contribution in [1.82, 2.24) is 5.16 Å². The van der Waals surface area contributed by atoms with E-state index in [0.717, 1.165) is 5.56 Å². The van der Waals surface area contributed by atoms with Crippen LogP contribution < -0.4 is 4.72 Å². The Morgan fingerprint density at radius 2 is 1.70 bits per heavy atom. The molecule has 0 saturated heterocycles. The van der Waals surface area contributed by atoms with Crippen LogP contribution in [0.4, 0.5) is 5.88 Å². The van der Waals surface area contributed by atoms with Crippen molar-refractivity contribution >= 4 is 39.1 Å².